The number of halogens is 1. The monoisotopic (exact) mass is 501 g/mol. The summed E-state index contributed by atoms with van der Waals surface area (Å²) in [6.07, 6.45) is 10.6. The van der Waals surface area contributed by atoms with Crippen molar-refractivity contribution in [2.75, 3.05) is 32.7 Å². The molecule has 1 aromatic carbocycles. The van der Waals surface area contributed by atoms with E-state index in [1.807, 2.05) is 25.1 Å². The minimum Gasteiger partial charge on any atom is -0.481 e. The molecule has 0 radical (unpaired) electrons. The Labute approximate surface area is 214 Å². The molecule has 1 atom stereocenters. The van der Waals surface area contributed by atoms with Gasteiger partial charge in [-0.3, -0.25) is 19.4 Å². The summed E-state index contributed by atoms with van der Waals surface area (Å²) in [5.41, 5.74) is 2.84. The fraction of sp³-hybridized carbons (Fsp3) is 0.643. The Morgan fingerprint density at radius 2 is 1.91 bits per heavy atom. The van der Waals surface area contributed by atoms with Crippen LogP contribution < -0.4 is 5.32 Å². The minimum atomic E-state index is -0.911. The zero-order valence-corrected chi connectivity index (χ0v) is 21.8. The fourth-order valence-electron chi connectivity index (χ4n) is 6.06. The van der Waals surface area contributed by atoms with Crippen LogP contribution in [-0.2, 0) is 16.1 Å². The first-order chi connectivity index (χ1) is 16.8. The molecule has 2 heterocycles. The van der Waals surface area contributed by atoms with Gasteiger partial charge in [0, 0.05) is 43.8 Å². The van der Waals surface area contributed by atoms with Gasteiger partial charge in [0.2, 0.25) is 5.91 Å². The number of aryl methyl sites for hydroxylation is 1. The smallest absolute Gasteiger partial charge is 0.304 e. The number of piperidine rings is 2. The van der Waals surface area contributed by atoms with E-state index >= 15 is 0 Å². The Morgan fingerprint density at radius 1 is 1.11 bits per heavy atom. The number of rotatable bonds is 8. The van der Waals surface area contributed by atoms with Crippen molar-refractivity contribution in [1.82, 2.24) is 15.1 Å². The molecule has 4 rings (SSSR count). The lowest BCUT2D eigenvalue weighted by Crippen LogP contribution is -2.56. The summed E-state index contributed by atoms with van der Waals surface area (Å²) in [6, 6.07) is 5.99. The Bertz CT molecular complexity index is 921. The molecule has 1 aliphatic carbocycles. The highest BCUT2D eigenvalue weighted by molar-refractivity contribution is 6.31. The maximum absolute atomic E-state index is 13.6. The minimum absolute atomic E-state index is 0.0890. The summed E-state index contributed by atoms with van der Waals surface area (Å²) in [5.74, 6) is -1.000. The SMILES string of the molecule is Cc1cccc(Cl)c1CN1CCCC(CC(=O)O)(C(=O)NC2CCN(CC3=CCCCC3)CC2)C1. The summed E-state index contributed by atoms with van der Waals surface area (Å²) in [4.78, 5) is 30.2. The van der Waals surface area contributed by atoms with Gasteiger partial charge in [0.25, 0.3) is 0 Å². The number of benzene rings is 1. The fourth-order valence-corrected chi connectivity index (χ4v) is 6.34. The van der Waals surface area contributed by atoms with Gasteiger partial charge in [-0.25, -0.2) is 0 Å². The molecule has 6 nitrogen and oxygen atoms in total. The van der Waals surface area contributed by atoms with Gasteiger partial charge in [-0.05, 0) is 82.0 Å². The highest BCUT2D eigenvalue weighted by Crippen LogP contribution is 2.36. The average Bonchev–Trinajstić information content (AvgIpc) is 2.83. The highest BCUT2D eigenvalue weighted by Gasteiger charge is 2.44. The average molecular weight is 502 g/mol. The van der Waals surface area contributed by atoms with Crippen molar-refractivity contribution in [2.24, 2.45) is 5.41 Å². The van der Waals surface area contributed by atoms with Crippen molar-refractivity contribution in [1.29, 1.82) is 0 Å². The first kappa shape index (κ1) is 26.2. The summed E-state index contributed by atoms with van der Waals surface area (Å²) in [7, 11) is 0. The Morgan fingerprint density at radius 3 is 2.60 bits per heavy atom. The maximum atomic E-state index is 13.6. The number of allylic oxidation sites excluding steroid dienone is 1. The first-order valence-electron chi connectivity index (χ1n) is 13.2. The van der Waals surface area contributed by atoms with Crippen molar-refractivity contribution in [3.05, 3.63) is 46.0 Å². The van der Waals surface area contributed by atoms with Crippen molar-refractivity contribution in [3.63, 3.8) is 0 Å². The molecule has 0 saturated carbocycles. The number of likely N-dealkylation sites (tertiary alicyclic amines) is 2. The van der Waals surface area contributed by atoms with Crippen LogP contribution in [0.25, 0.3) is 0 Å². The van der Waals surface area contributed by atoms with Crippen LogP contribution in [0.1, 0.15) is 68.9 Å². The van der Waals surface area contributed by atoms with Crippen molar-refractivity contribution >= 4 is 23.5 Å². The van der Waals surface area contributed by atoms with Crippen molar-refractivity contribution < 1.29 is 14.7 Å². The lowest BCUT2D eigenvalue weighted by Gasteiger charge is -2.42. The van der Waals surface area contributed by atoms with E-state index in [0.717, 1.165) is 61.6 Å². The quantitative estimate of drug-likeness (QED) is 0.501. The van der Waals surface area contributed by atoms with Crippen molar-refractivity contribution in [2.45, 2.75) is 77.3 Å². The van der Waals surface area contributed by atoms with Crippen molar-refractivity contribution in [3.8, 4) is 0 Å². The molecular weight excluding hydrogens is 462 g/mol. The second kappa shape index (κ2) is 11.9. The van der Waals surface area contributed by atoms with Crippen LogP contribution in [0, 0.1) is 12.3 Å². The van der Waals surface area contributed by atoms with E-state index in [9.17, 15) is 14.7 Å². The van der Waals surface area contributed by atoms with E-state index in [-0.39, 0.29) is 18.4 Å². The predicted molar refractivity (Wildman–Crippen MR) is 140 cm³/mol. The normalized spacial score (nSPS) is 24.7. The molecule has 0 aromatic heterocycles. The number of carbonyl (C=O) groups excluding carboxylic acids is 1. The van der Waals surface area contributed by atoms with Gasteiger partial charge in [-0.15, -0.1) is 0 Å². The molecule has 2 aliphatic heterocycles. The molecule has 0 bridgehead atoms. The van der Waals surface area contributed by atoms with Crippen LogP contribution in [0.5, 0.6) is 0 Å². The van der Waals surface area contributed by atoms with E-state index in [1.54, 1.807) is 5.57 Å². The number of aliphatic carboxylic acids is 1. The number of amides is 1. The lowest BCUT2D eigenvalue weighted by molar-refractivity contribution is -0.148. The van der Waals surface area contributed by atoms with Gasteiger partial charge in [-0.1, -0.05) is 35.4 Å². The van der Waals surface area contributed by atoms with E-state index in [0.29, 0.717) is 19.5 Å². The van der Waals surface area contributed by atoms with Gasteiger partial charge in [-0.2, -0.15) is 0 Å². The molecule has 2 saturated heterocycles. The number of nitrogens with one attached hydrogen (secondary N) is 1. The van der Waals surface area contributed by atoms with Gasteiger partial charge < -0.3 is 10.4 Å². The van der Waals surface area contributed by atoms with Gasteiger partial charge in [0.1, 0.15) is 0 Å². The van der Waals surface area contributed by atoms with Crippen LogP contribution in [0.3, 0.4) is 0 Å². The molecule has 1 unspecified atom stereocenters. The van der Waals surface area contributed by atoms with Crippen LogP contribution in [-0.4, -0.2) is 65.5 Å². The second-order valence-corrected chi connectivity index (χ2v) is 11.2. The molecule has 2 N–H and O–H groups in total. The molecule has 192 valence electrons. The number of carboxylic acids is 1. The molecular formula is C28H40ClN3O3. The number of hydrogen-bond acceptors (Lipinski definition) is 4. The maximum Gasteiger partial charge on any atom is 0.304 e. The summed E-state index contributed by atoms with van der Waals surface area (Å²) in [5, 5.41) is 13.7. The zero-order valence-electron chi connectivity index (χ0n) is 21.0. The summed E-state index contributed by atoms with van der Waals surface area (Å²) >= 11 is 6.46. The number of hydrogen-bond donors (Lipinski definition) is 2. The third kappa shape index (κ3) is 6.87. The van der Waals surface area contributed by atoms with Crippen LogP contribution in [0.15, 0.2) is 29.8 Å². The number of nitrogens with zero attached hydrogens (tertiary/aromatic N) is 2. The topological polar surface area (TPSA) is 72.9 Å². The van der Waals surface area contributed by atoms with Crippen LogP contribution in [0.4, 0.5) is 0 Å². The largest absolute Gasteiger partial charge is 0.481 e. The Balaban J connectivity index is 1.37. The predicted octanol–water partition coefficient (Wildman–Crippen LogP) is 4.79. The van der Waals surface area contributed by atoms with Crippen LogP contribution >= 0.6 is 11.6 Å². The molecule has 1 aromatic rings. The molecule has 7 heteroatoms. The summed E-state index contributed by atoms with van der Waals surface area (Å²) < 4.78 is 0. The van der Waals surface area contributed by atoms with Gasteiger partial charge in [0.05, 0.1) is 11.8 Å². The standard InChI is InChI=1S/C28H40ClN3O3/c1-21-7-5-10-25(29)24(21)19-32-14-6-13-28(20-32,17-26(33)34)27(35)30-23-11-15-31(16-12-23)18-22-8-3-2-4-9-22/h5,7-8,10,23H,2-4,6,9,11-20H2,1H3,(H,30,35)(H,33,34). The molecule has 0 spiro atoms. The highest BCUT2D eigenvalue weighted by atomic mass is 35.5. The van der Waals surface area contributed by atoms with Gasteiger partial charge >= 0.3 is 5.97 Å². The summed E-state index contributed by atoms with van der Waals surface area (Å²) in [6.45, 7) is 6.97. The third-order valence-corrected chi connectivity index (χ3v) is 8.45. The van der Waals surface area contributed by atoms with E-state index in [1.165, 1.54) is 25.7 Å². The van der Waals surface area contributed by atoms with Gasteiger partial charge in [0.15, 0.2) is 0 Å². The third-order valence-electron chi connectivity index (χ3n) is 8.10. The molecule has 1 amide bonds. The molecule has 2 fully saturated rings. The Hall–Kier alpha value is -1.89. The second-order valence-electron chi connectivity index (χ2n) is 10.8. The number of carboxylic acid groups (broad SMARTS) is 1. The van der Waals surface area contributed by atoms with E-state index < -0.39 is 11.4 Å². The molecule has 35 heavy (non-hydrogen) atoms. The Kier molecular flexibility index (Phi) is 8.90. The first-order valence-corrected chi connectivity index (χ1v) is 13.6. The molecule has 3 aliphatic rings. The zero-order chi connectivity index (χ0) is 24.8. The lowest BCUT2D eigenvalue weighted by atomic mass is 9.75. The van der Waals surface area contributed by atoms with E-state index in [4.69, 9.17) is 11.6 Å². The number of carbonyl (C=O) groups is 2. The van der Waals surface area contributed by atoms with Crippen LogP contribution in [0.2, 0.25) is 5.02 Å². The van der Waals surface area contributed by atoms with E-state index in [2.05, 4.69) is 21.2 Å².